The van der Waals surface area contributed by atoms with Crippen LogP contribution in [0.1, 0.15) is 31.4 Å². The van der Waals surface area contributed by atoms with E-state index in [9.17, 15) is 4.79 Å². The molecular weight excluding hydrogens is 272 g/mol. The number of benzene rings is 2. The second-order valence-electron chi connectivity index (χ2n) is 5.51. The number of hydrogen-bond donors (Lipinski definition) is 0. The predicted octanol–water partition coefficient (Wildman–Crippen LogP) is 4.04. The molecule has 0 heterocycles. The highest BCUT2D eigenvalue weighted by Gasteiger charge is 2.06. The number of nitrogens with zero attached hydrogens (tertiary/aromatic N) is 2. The van der Waals surface area contributed by atoms with Crippen LogP contribution in [-0.2, 0) is 17.9 Å². The second kappa shape index (κ2) is 8.13. The molecule has 3 nitrogen and oxygen atoms in total. The zero-order chi connectivity index (χ0) is 15.8. The van der Waals surface area contributed by atoms with E-state index < -0.39 is 0 Å². The fourth-order valence-electron chi connectivity index (χ4n) is 2.35. The molecular formula is C19H22N2O. The van der Waals surface area contributed by atoms with Crippen LogP contribution in [0.4, 0.5) is 0 Å². The van der Waals surface area contributed by atoms with Gasteiger partial charge in [0.05, 0.1) is 13.1 Å². The minimum Gasteiger partial charge on any atom is -0.300 e. The number of rotatable bonds is 7. The van der Waals surface area contributed by atoms with Gasteiger partial charge in [0.2, 0.25) is 0 Å². The van der Waals surface area contributed by atoms with Gasteiger partial charge in [-0.2, -0.15) is 5.10 Å². The van der Waals surface area contributed by atoms with E-state index in [2.05, 4.69) is 29.4 Å². The fraction of sp³-hybridized carbons (Fsp3) is 0.263. The van der Waals surface area contributed by atoms with Gasteiger partial charge in [-0.3, -0.25) is 9.80 Å². The van der Waals surface area contributed by atoms with E-state index in [1.807, 2.05) is 48.3 Å². The van der Waals surface area contributed by atoms with Crippen LogP contribution in [0.5, 0.6) is 0 Å². The van der Waals surface area contributed by atoms with Crippen molar-refractivity contribution in [3.63, 3.8) is 0 Å². The molecule has 0 aliphatic heterocycles. The average Bonchev–Trinajstić information content (AvgIpc) is 2.48. The molecule has 114 valence electrons. The van der Waals surface area contributed by atoms with Crippen LogP contribution in [0, 0.1) is 0 Å². The molecule has 2 aromatic carbocycles. The highest BCUT2D eigenvalue weighted by molar-refractivity contribution is 5.99. The molecule has 22 heavy (non-hydrogen) atoms. The molecule has 0 radical (unpaired) electrons. The smallest absolute Gasteiger partial charge is 0.135 e. The normalized spacial score (nSPS) is 11.3. The number of ketones is 1. The molecule has 0 unspecified atom stereocenters. The summed E-state index contributed by atoms with van der Waals surface area (Å²) >= 11 is 0. The molecule has 0 N–H and O–H groups in total. The Hall–Kier alpha value is -2.42. The monoisotopic (exact) mass is 294 g/mol. The van der Waals surface area contributed by atoms with Gasteiger partial charge in [0.15, 0.2) is 0 Å². The lowest BCUT2D eigenvalue weighted by atomic mass is 10.2. The SMILES string of the molecule is CC(=O)C/C(C)=N/N(Cc1ccccc1)Cc1ccccc1. The molecule has 0 fully saturated rings. The van der Waals surface area contributed by atoms with Crippen LogP contribution in [0.2, 0.25) is 0 Å². The standard InChI is InChI=1S/C19H22N2O/c1-16(13-17(2)22)20-21(14-18-9-5-3-6-10-18)15-19-11-7-4-8-12-19/h3-12H,13-15H2,1-2H3/b20-16+. The number of carbonyl (C=O) groups excluding carboxylic acids is 1. The summed E-state index contributed by atoms with van der Waals surface area (Å²) in [5, 5.41) is 6.65. The summed E-state index contributed by atoms with van der Waals surface area (Å²) in [6.07, 6.45) is 0.403. The summed E-state index contributed by atoms with van der Waals surface area (Å²) < 4.78 is 0. The van der Waals surface area contributed by atoms with Crippen molar-refractivity contribution in [3.8, 4) is 0 Å². The molecule has 2 aromatic rings. The minimum atomic E-state index is 0.139. The summed E-state index contributed by atoms with van der Waals surface area (Å²) in [5.74, 6) is 0.139. The Bertz CT molecular complexity index is 579. The fourth-order valence-corrected chi connectivity index (χ4v) is 2.35. The van der Waals surface area contributed by atoms with E-state index in [1.54, 1.807) is 6.92 Å². The molecule has 2 rings (SSSR count). The average molecular weight is 294 g/mol. The van der Waals surface area contributed by atoms with Crippen molar-refractivity contribution < 1.29 is 4.79 Å². The van der Waals surface area contributed by atoms with Crippen molar-refractivity contribution in [1.29, 1.82) is 0 Å². The Morgan fingerprint density at radius 2 is 1.32 bits per heavy atom. The van der Waals surface area contributed by atoms with Gasteiger partial charge < -0.3 is 0 Å². The Kier molecular flexibility index (Phi) is 5.90. The highest BCUT2D eigenvalue weighted by Crippen LogP contribution is 2.11. The molecule has 0 bridgehead atoms. The molecule has 0 saturated heterocycles. The molecule has 0 amide bonds. The minimum absolute atomic E-state index is 0.139. The van der Waals surface area contributed by atoms with Gasteiger partial charge in [0, 0.05) is 12.1 Å². The van der Waals surface area contributed by atoms with Crippen molar-refractivity contribution in [3.05, 3.63) is 71.8 Å². The van der Waals surface area contributed by atoms with Crippen molar-refractivity contribution >= 4 is 11.5 Å². The Labute approximate surface area is 132 Å². The van der Waals surface area contributed by atoms with Crippen molar-refractivity contribution in [2.24, 2.45) is 5.10 Å². The summed E-state index contributed by atoms with van der Waals surface area (Å²) in [6, 6.07) is 20.5. The number of carbonyl (C=O) groups is 1. The molecule has 3 heteroatoms. The van der Waals surface area contributed by atoms with Crippen LogP contribution >= 0.6 is 0 Å². The van der Waals surface area contributed by atoms with Crippen molar-refractivity contribution in [2.45, 2.75) is 33.4 Å². The second-order valence-corrected chi connectivity index (χ2v) is 5.51. The van der Waals surface area contributed by atoms with Crippen LogP contribution in [0.25, 0.3) is 0 Å². The molecule has 0 spiro atoms. The first-order chi connectivity index (χ1) is 10.6. The zero-order valence-corrected chi connectivity index (χ0v) is 13.2. The van der Waals surface area contributed by atoms with E-state index in [4.69, 9.17) is 0 Å². The molecule has 0 aliphatic rings. The van der Waals surface area contributed by atoms with Gasteiger partial charge in [-0.05, 0) is 25.0 Å². The highest BCUT2D eigenvalue weighted by atomic mass is 16.1. The zero-order valence-electron chi connectivity index (χ0n) is 13.2. The van der Waals surface area contributed by atoms with Gasteiger partial charge in [0.1, 0.15) is 5.78 Å². The lowest BCUT2D eigenvalue weighted by Gasteiger charge is -2.20. The van der Waals surface area contributed by atoms with E-state index >= 15 is 0 Å². The summed E-state index contributed by atoms with van der Waals surface area (Å²) in [6.45, 7) is 4.96. The summed E-state index contributed by atoms with van der Waals surface area (Å²) in [5.41, 5.74) is 3.26. The molecule has 0 aliphatic carbocycles. The third-order valence-corrected chi connectivity index (χ3v) is 3.23. The largest absolute Gasteiger partial charge is 0.300 e. The lowest BCUT2D eigenvalue weighted by Crippen LogP contribution is -2.19. The van der Waals surface area contributed by atoms with Gasteiger partial charge >= 0.3 is 0 Å². The van der Waals surface area contributed by atoms with E-state index in [-0.39, 0.29) is 5.78 Å². The number of Topliss-reactive ketones (excluding diaryl/α,β-unsaturated/α-hetero) is 1. The number of hydrogen-bond acceptors (Lipinski definition) is 3. The van der Waals surface area contributed by atoms with Crippen LogP contribution in [0.3, 0.4) is 0 Å². The van der Waals surface area contributed by atoms with Gasteiger partial charge in [0.25, 0.3) is 0 Å². The van der Waals surface area contributed by atoms with Crippen molar-refractivity contribution in [1.82, 2.24) is 5.01 Å². The van der Waals surface area contributed by atoms with E-state index in [0.717, 1.165) is 18.8 Å². The third-order valence-electron chi connectivity index (χ3n) is 3.23. The Balaban J connectivity index is 2.14. The predicted molar refractivity (Wildman–Crippen MR) is 90.5 cm³/mol. The van der Waals surface area contributed by atoms with Gasteiger partial charge in [-0.25, -0.2) is 0 Å². The third kappa shape index (κ3) is 5.52. The van der Waals surface area contributed by atoms with E-state index in [0.29, 0.717) is 6.42 Å². The summed E-state index contributed by atoms with van der Waals surface area (Å²) in [7, 11) is 0. The first-order valence-corrected chi connectivity index (χ1v) is 7.50. The maximum absolute atomic E-state index is 11.3. The molecule has 0 atom stereocenters. The molecule has 0 saturated carbocycles. The summed E-state index contributed by atoms with van der Waals surface area (Å²) in [4.78, 5) is 11.3. The van der Waals surface area contributed by atoms with Gasteiger partial charge in [-0.1, -0.05) is 60.7 Å². The first-order valence-electron chi connectivity index (χ1n) is 7.50. The maximum atomic E-state index is 11.3. The van der Waals surface area contributed by atoms with Crippen LogP contribution < -0.4 is 0 Å². The Morgan fingerprint density at radius 1 is 0.864 bits per heavy atom. The van der Waals surface area contributed by atoms with E-state index in [1.165, 1.54) is 11.1 Å². The maximum Gasteiger partial charge on any atom is 0.135 e. The topological polar surface area (TPSA) is 32.7 Å². The van der Waals surface area contributed by atoms with Crippen molar-refractivity contribution in [2.75, 3.05) is 0 Å². The Morgan fingerprint density at radius 3 is 1.73 bits per heavy atom. The lowest BCUT2D eigenvalue weighted by molar-refractivity contribution is -0.115. The van der Waals surface area contributed by atoms with Crippen LogP contribution in [0.15, 0.2) is 65.8 Å². The first kappa shape index (κ1) is 16.0. The quantitative estimate of drug-likeness (QED) is 0.570. The molecule has 0 aromatic heterocycles. The van der Waals surface area contributed by atoms with Gasteiger partial charge in [-0.15, -0.1) is 0 Å². The van der Waals surface area contributed by atoms with Crippen LogP contribution in [-0.4, -0.2) is 16.5 Å². The number of hydrazone groups is 1.